The number of rotatable bonds is 5. The van der Waals surface area contributed by atoms with E-state index in [2.05, 4.69) is 6.92 Å². The van der Waals surface area contributed by atoms with Crippen molar-refractivity contribution in [3.63, 3.8) is 0 Å². The molecule has 0 radical (unpaired) electrons. The van der Waals surface area contributed by atoms with Crippen molar-refractivity contribution in [3.8, 4) is 0 Å². The summed E-state index contributed by atoms with van der Waals surface area (Å²) >= 11 is 0. The molecule has 2 amide bonds. The Bertz CT molecular complexity index is 347. The van der Waals surface area contributed by atoms with Gasteiger partial charge in [-0.15, -0.1) is 0 Å². The van der Waals surface area contributed by atoms with Crippen LogP contribution < -0.4 is 0 Å². The van der Waals surface area contributed by atoms with E-state index in [0.29, 0.717) is 39.1 Å². The van der Waals surface area contributed by atoms with Crippen LogP contribution in [-0.2, 0) is 14.3 Å². The smallest absolute Gasteiger partial charge is 0.238 e. The molecule has 1 aliphatic heterocycles. The van der Waals surface area contributed by atoms with Gasteiger partial charge in [-0.05, 0) is 19.3 Å². The number of ether oxygens (including phenoxy) is 1. The number of carbonyl (C=O) groups excluding carboxylic acids is 2. The minimum atomic E-state index is -0.736. The van der Waals surface area contributed by atoms with E-state index in [1.165, 1.54) is 0 Å². The molecule has 0 spiro atoms. The third-order valence-corrected chi connectivity index (χ3v) is 4.06. The first-order valence-electron chi connectivity index (χ1n) is 7.24. The van der Waals surface area contributed by atoms with Gasteiger partial charge in [-0.2, -0.15) is 0 Å². The lowest BCUT2D eigenvalue weighted by Crippen LogP contribution is -2.49. The third-order valence-electron chi connectivity index (χ3n) is 4.06. The van der Waals surface area contributed by atoms with Crippen molar-refractivity contribution in [1.82, 2.24) is 9.80 Å². The summed E-state index contributed by atoms with van der Waals surface area (Å²) in [7, 11) is 1.81. The summed E-state index contributed by atoms with van der Waals surface area (Å²) in [5, 5.41) is 0. The Morgan fingerprint density at radius 3 is 2.42 bits per heavy atom. The number of hydrogen-bond acceptors (Lipinski definition) is 3. The number of amides is 2. The Hall–Kier alpha value is -1.10. The summed E-state index contributed by atoms with van der Waals surface area (Å²) in [6.07, 6.45) is 3.46. The van der Waals surface area contributed by atoms with Crippen molar-refractivity contribution in [1.29, 1.82) is 0 Å². The summed E-state index contributed by atoms with van der Waals surface area (Å²) < 4.78 is 5.25. The predicted octanol–water partition coefficient (Wildman–Crippen LogP) is 0.884. The van der Waals surface area contributed by atoms with E-state index in [0.717, 1.165) is 19.4 Å². The standard InChI is InChI=1S/C14H24N2O3/c1-3-4-7-15(2)12(17)14(5-6-14)13(18)16-8-10-19-11-9-16/h3-11H2,1-2H3. The molecule has 1 saturated heterocycles. The van der Waals surface area contributed by atoms with Crippen molar-refractivity contribution in [2.45, 2.75) is 32.6 Å². The van der Waals surface area contributed by atoms with Crippen molar-refractivity contribution in [3.05, 3.63) is 0 Å². The van der Waals surface area contributed by atoms with Crippen LogP contribution in [0.1, 0.15) is 32.6 Å². The Kier molecular flexibility index (Phi) is 4.45. The van der Waals surface area contributed by atoms with Gasteiger partial charge >= 0.3 is 0 Å². The van der Waals surface area contributed by atoms with Crippen molar-refractivity contribution in [2.24, 2.45) is 5.41 Å². The number of nitrogens with zero attached hydrogens (tertiary/aromatic N) is 2. The molecule has 0 aromatic rings. The number of unbranched alkanes of at least 4 members (excludes halogenated alkanes) is 1. The van der Waals surface area contributed by atoms with Gasteiger partial charge in [0.05, 0.1) is 13.2 Å². The Balaban J connectivity index is 1.97. The fourth-order valence-corrected chi connectivity index (χ4v) is 2.58. The summed E-state index contributed by atoms with van der Waals surface area (Å²) in [4.78, 5) is 28.5. The van der Waals surface area contributed by atoms with E-state index in [1.54, 1.807) is 9.80 Å². The van der Waals surface area contributed by atoms with Crippen molar-refractivity contribution < 1.29 is 14.3 Å². The molecular weight excluding hydrogens is 244 g/mol. The summed E-state index contributed by atoms with van der Waals surface area (Å²) in [5.41, 5.74) is -0.736. The summed E-state index contributed by atoms with van der Waals surface area (Å²) in [5.74, 6) is 0.0293. The normalized spacial score (nSPS) is 21.1. The van der Waals surface area contributed by atoms with Crippen molar-refractivity contribution >= 4 is 11.8 Å². The molecular formula is C14H24N2O3. The van der Waals surface area contributed by atoms with Gasteiger partial charge in [0, 0.05) is 26.7 Å². The Labute approximate surface area is 114 Å². The van der Waals surface area contributed by atoms with Crippen LogP contribution >= 0.6 is 0 Å². The zero-order valence-electron chi connectivity index (χ0n) is 12.0. The lowest BCUT2D eigenvalue weighted by Gasteiger charge is -2.31. The first-order valence-corrected chi connectivity index (χ1v) is 7.24. The van der Waals surface area contributed by atoms with Gasteiger partial charge in [0.1, 0.15) is 5.41 Å². The molecule has 1 aliphatic carbocycles. The van der Waals surface area contributed by atoms with E-state index in [1.807, 2.05) is 7.05 Å². The first-order chi connectivity index (χ1) is 9.12. The molecule has 2 rings (SSSR count). The molecule has 108 valence electrons. The SMILES string of the molecule is CCCCN(C)C(=O)C1(C(=O)N2CCOCC2)CC1. The van der Waals surface area contributed by atoms with Gasteiger partial charge in [0.15, 0.2) is 0 Å². The second-order valence-corrected chi connectivity index (χ2v) is 5.57. The van der Waals surface area contributed by atoms with Crippen LogP contribution in [-0.4, -0.2) is 61.5 Å². The second kappa shape index (κ2) is 5.90. The average Bonchev–Trinajstić information content (AvgIpc) is 3.25. The van der Waals surface area contributed by atoms with E-state index in [9.17, 15) is 9.59 Å². The summed E-state index contributed by atoms with van der Waals surface area (Å²) in [6, 6.07) is 0. The highest BCUT2D eigenvalue weighted by atomic mass is 16.5. The van der Waals surface area contributed by atoms with E-state index >= 15 is 0 Å². The molecule has 5 heteroatoms. The van der Waals surface area contributed by atoms with E-state index in [-0.39, 0.29) is 11.8 Å². The van der Waals surface area contributed by atoms with Crippen LogP contribution in [0.4, 0.5) is 0 Å². The van der Waals surface area contributed by atoms with Crippen molar-refractivity contribution in [2.75, 3.05) is 39.9 Å². The van der Waals surface area contributed by atoms with Gasteiger partial charge in [0.2, 0.25) is 11.8 Å². The zero-order valence-corrected chi connectivity index (χ0v) is 12.0. The number of morpholine rings is 1. The molecule has 1 saturated carbocycles. The molecule has 0 bridgehead atoms. The van der Waals surface area contributed by atoms with Gasteiger partial charge < -0.3 is 14.5 Å². The van der Waals surface area contributed by atoms with Gasteiger partial charge in [0.25, 0.3) is 0 Å². The average molecular weight is 268 g/mol. The minimum absolute atomic E-state index is 0.0115. The van der Waals surface area contributed by atoms with Gasteiger partial charge in [-0.3, -0.25) is 9.59 Å². The van der Waals surface area contributed by atoms with Gasteiger partial charge in [-0.25, -0.2) is 0 Å². The quantitative estimate of drug-likeness (QED) is 0.696. The van der Waals surface area contributed by atoms with Crippen LogP contribution in [0.2, 0.25) is 0 Å². The number of carbonyl (C=O) groups is 2. The maximum absolute atomic E-state index is 12.5. The second-order valence-electron chi connectivity index (χ2n) is 5.57. The van der Waals surface area contributed by atoms with Crippen LogP contribution in [0.5, 0.6) is 0 Å². The fourth-order valence-electron chi connectivity index (χ4n) is 2.58. The molecule has 19 heavy (non-hydrogen) atoms. The van der Waals surface area contributed by atoms with E-state index in [4.69, 9.17) is 4.74 Å². The van der Waals surface area contributed by atoms with Gasteiger partial charge in [-0.1, -0.05) is 13.3 Å². The maximum atomic E-state index is 12.5. The first kappa shape index (κ1) is 14.3. The maximum Gasteiger partial charge on any atom is 0.238 e. The Morgan fingerprint density at radius 2 is 1.89 bits per heavy atom. The predicted molar refractivity (Wildman–Crippen MR) is 71.6 cm³/mol. The largest absolute Gasteiger partial charge is 0.378 e. The monoisotopic (exact) mass is 268 g/mol. The van der Waals surface area contributed by atoms with Crippen LogP contribution in [0, 0.1) is 5.41 Å². The molecule has 0 unspecified atom stereocenters. The third kappa shape index (κ3) is 2.91. The summed E-state index contributed by atoms with van der Waals surface area (Å²) in [6.45, 7) is 5.25. The van der Waals surface area contributed by atoms with Crippen LogP contribution in [0.15, 0.2) is 0 Å². The molecule has 1 heterocycles. The molecule has 2 fully saturated rings. The minimum Gasteiger partial charge on any atom is -0.378 e. The highest BCUT2D eigenvalue weighted by molar-refractivity contribution is 6.07. The lowest BCUT2D eigenvalue weighted by molar-refractivity contribution is -0.151. The molecule has 0 N–H and O–H groups in total. The van der Waals surface area contributed by atoms with E-state index < -0.39 is 5.41 Å². The Morgan fingerprint density at radius 1 is 1.26 bits per heavy atom. The van der Waals surface area contributed by atoms with Crippen LogP contribution in [0.3, 0.4) is 0 Å². The number of hydrogen-bond donors (Lipinski definition) is 0. The topological polar surface area (TPSA) is 49.9 Å². The molecule has 2 aliphatic rings. The molecule has 0 aromatic carbocycles. The fraction of sp³-hybridized carbons (Fsp3) is 0.857. The lowest BCUT2D eigenvalue weighted by atomic mass is 10.0. The molecule has 0 atom stereocenters. The molecule has 0 aromatic heterocycles. The zero-order chi connectivity index (χ0) is 13.9. The highest BCUT2D eigenvalue weighted by Gasteiger charge is 2.58. The molecule has 5 nitrogen and oxygen atoms in total. The highest BCUT2D eigenvalue weighted by Crippen LogP contribution is 2.48. The van der Waals surface area contributed by atoms with Crippen LogP contribution in [0.25, 0.3) is 0 Å².